The van der Waals surface area contributed by atoms with E-state index in [0.717, 1.165) is 0 Å². The molecule has 100 valence electrons. The van der Waals surface area contributed by atoms with E-state index in [1.54, 1.807) is 27.9 Å². The molecule has 0 radical (unpaired) electrons. The van der Waals surface area contributed by atoms with E-state index < -0.39 is 15.0 Å². The maximum Gasteiger partial charge on any atom is 0.343 e. The summed E-state index contributed by atoms with van der Waals surface area (Å²) >= 11 is 0. The van der Waals surface area contributed by atoms with Crippen LogP contribution in [0.2, 0.25) is 0 Å². The molecular formula is C8H22N2O4P2Zn. The monoisotopic (exact) mass is 336 g/mol. The minimum Gasteiger partial charge on any atom is -0.344 e. The van der Waals surface area contributed by atoms with Gasteiger partial charge in [-0.05, 0) is 14.1 Å². The van der Waals surface area contributed by atoms with Crippen LogP contribution < -0.4 is 0 Å². The van der Waals surface area contributed by atoms with E-state index in [4.69, 9.17) is 9.79 Å². The van der Waals surface area contributed by atoms with Gasteiger partial charge in [-0.15, -0.1) is 0 Å². The van der Waals surface area contributed by atoms with Crippen molar-refractivity contribution in [1.29, 1.82) is 0 Å². The zero-order chi connectivity index (χ0) is 13.0. The van der Waals surface area contributed by atoms with E-state index >= 15 is 0 Å². The van der Waals surface area contributed by atoms with Gasteiger partial charge in [0.2, 0.25) is 0 Å². The fourth-order valence-electron chi connectivity index (χ4n) is 1.03. The van der Waals surface area contributed by atoms with Crippen LogP contribution in [0.4, 0.5) is 0 Å². The Bertz CT molecular complexity index is 294. The van der Waals surface area contributed by atoms with Crippen molar-refractivity contribution < 1.29 is 38.4 Å². The Hall–Kier alpha value is 0.923. The number of rotatable bonds is 2. The second kappa shape index (κ2) is 8.17. The smallest absolute Gasteiger partial charge is 0.343 e. The predicted octanol–water partition coefficient (Wildman–Crippen LogP) is 1.26. The van der Waals surface area contributed by atoms with Crippen LogP contribution in [-0.4, -0.2) is 58.6 Å². The van der Waals surface area contributed by atoms with Crippen LogP contribution in [0.1, 0.15) is 13.8 Å². The molecule has 0 aromatic carbocycles. The SMILES string of the molecule is CCP(=O)(O)CC.CN1CCN(C)P1(=O)O.[Zn]. The molecule has 0 atom stereocenters. The largest absolute Gasteiger partial charge is 0.344 e. The van der Waals surface area contributed by atoms with Crippen LogP contribution in [0.25, 0.3) is 0 Å². The molecule has 0 aromatic heterocycles. The topological polar surface area (TPSA) is 81.1 Å². The molecule has 0 unspecified atom stereocenters. The Morgan fingerprint density at radius 2 is 1.47 bits per heavy atom. The molecule has 6 nitrogen and oxygen atoms in total. The maximum atomic E-state index is 11.1. The van der Waals surface area contributed by atoms with E-state index in [2.05, 4.69) is 0 Å². The van der Waals surface area contributed by atoms with Gasteiger partial charge in [0.05, 0.1) is 0 Å². The summed E-state index contributed by atoms with van der Waals surface area (Å²) in [4.78, 5) is 17.8. The third-order valence-electron chi connectivity index (χ3n) is 2.62. The quantitative estimate of drug-likeness (QED) is 0.583. The third kappa shape index (κ3) is 6.59. The minimum atomic E-state index is -3.06. The van der Waals surface area contributed by atoms with Gasteiger partial charge in [0.1, 0.15) is 0 Å². The van der Waals surface area contributed by atoms with Crippen LogP contribution >= 0.6 is 15.0 Å². The number of hydrogen-bond donors (Lipinski definition) is 2. The van der Waals surface area contributed by atoms with Gasteiger partial charge in [-0.2, -0.15) is 0 Å². The zero-order valence-electron chi connectivity index (χ0n) is 11.0. The average molecular weight is 338 g/mol. The molecule has 9 heteroatoms. The zero-order valence-corrected chi connectivity index (χ0v) is 15.8. The summed E-state index contributed by atoms with van der Waals surface area (Å²) in [6.07, 6.45) is 0.812. The molecule has 0 aliphatic carbocycles. The van der Waals surface area contributed by atoms with E-state index in [1.165, 1.54) is 9.34 Å². The van der Waals surface area contributed by atoms with Gasteiger partial charge in [0.25, 0.3) is 0 Å². The summed E-state index contributed by atoms with van der Waals surface area (Å²) in [5.41, 5.74) is 0. The predicted molar refractivity (Wildman–Crippen MR) is 66.0 cm³/mol. The van der Waals surface area contributed by atoms with Crippen molar-refractivity contribution >= 4 is 15.0 Å². The molecule has 1 saturated heterocycles. The van der Waals surface area contributed by atoms with Gasteiger partial charge < -0.3 is 9.79 Å². The van der Waals surface area contributed by atoms with Crippen LogP contribution in [0, 0.1) is 0 Å². The Kier molecular flexibility index (Phi) is 9.72. The molecule has 0 amide bonds. The molecule has 1 heterocycles. The average Bonchev–Trinajstić information content (AvgIpc) is 2.46. The van der Waals surface area contributed by atoms with Gasteiger partial charge >= 0.3 is 7.67 Å². The molecule has 0 saturated carbocycles. The van der Waals surface area contributed by atoms with Gasteiger partial charge in [-0.1, -0.05) is 13.8 Å². The van der Waals surface area contributed by atoms with E-state index in [-0.39, 0.29) is 19.5 Å². The van der Waals surface area contributed by atoms with Gasteiger partial charge in [-0.3, -0.25) is 9.13 Å². The Labute approximate surface area is 116 Å². The minimum absolute atomic E-state index is 0. The molecule has 0 spiro atoms. The van der Waals surface area contributed by atoms with Crippen molar-refractivity contribution in [2.24, 2.45) is 0 Å². The summed E-state index contributed by atoms with van der Waals surface area (Å²) in [6.45, 7) is 4.82. The normalized spacial score (nSPS) is 20.4. The third-order valence-corrected chi connectivity index (χ3v) is 6.78. The molecule has 1 aliphatic heterocycles. The fraction of sp³-hybridized carbons (Fsp3) is 1.00. The Morgan fingerprint density at radius 1 is 1.18 bits per heavy atom. The number of hydrogen-bond acceptors (Lipinski definition) is 2. The summed E-state index contributed by atoms with van der Waals surface area (Å²) in [6, 6.07) is 0. The Morgan fingerprint density at radius 3 is 1.53 bits per heavy atom. The molecule has 1 fully saturated rings. The first-order valence-corrected chi connectivity index (χ1v) is 8.83. The van der Waals surface area contributed by atoms with Crippen molar-refractivity contribution in [3.8, 4) is 0 Å². The summed E-state index contributed by atoms with van der Waals surface area (Å²) < 4.78 is 24.5. The van der Waals surface area contributed by atoms with Gasteiger partial charge in [0.15, 0.2) is 7.37 Å². The van der Waals surface area contributed by atoms with Crippen LogP contribution in [0.3, 0.4) is 0 Å². The summed E-state index contributed by atoms with van der Waals surface area (Å²) in [7, 11) is -2.40. The number of likely N-dealkylation sites (N-methyl/N-ethyl adjacent to an activating group) is 2. The molecule has 1 rings (SSSR count). The second-order valence-corrected chi connectivity index (χ2v) is 9.10. The van der Waals surface area contributed by atoms with Crippen molar-refractivity contribution in [3.63, 3.8) is 0 Å². The summed E-state index contributed by atoms with van der Waals surface area (Å²) in [5.74, 6) is 0. The molecule has 2 N–H and O–H groups in total. The molecule has 0 aromatic rings. The molecular weight excluding hydrogens is 315 g/mol. The first kappa shape index (κ1) is 20.2. The number of nitrogens with zero attached hydrogens (tertiary/aromatic N) is 2. The first-order valence-electron chi connectivity index (χ1n) is 5.24. The maximum absolute atomic E-state index is 11.1. The van der Waals surface area contributed by atoms with Crippen molar-refractivity contribution in [3.05, 3.63) is 0 Å². The van der Waals surface area contributed by atoms with Crippen molar-refractivity contribution in [2.45, 2.75) is 13.8 Å². The van der Waals surface area contributed by atoms with E-state index in [0.29, 0.717) is 25.4 Å². The Balaban J connectivity index is 0. The first-order chi connectivity index (χ1) is 7.17. The standard InChI is InChI=1S/C4H11N2O2P.C4H11O2P.Zn/c1-5-3-4-6(2)9(5,7)8;1-3-7(5,6)4-2;/h3-4H2,1-2H3,(H,7,8);3-4H2,1-2H3,(H,5,6);. The second-order valence-electron chi connectivity index (χ2n) is 3.75. The van der Waals surface area contributed by atoms with Crippen molar-refractivity contribution in [1.82, 2.24) is 9.34 Å². The van der Waals surface area contributed by atoms with Crippen LogP contribution in [0.5, 0.6) is 0 Å². The van der Waals surface area contributed by atoms with E-state index in [1.807, 2.05) is 0 Å². The van der Waals surface area contributed by atoms with Crippen molar-refractivity contribution in [2.75, 3.05) is 39.5 Å². The molecule has 0 bridgehead atoms. The fourth-order valence-corrected chi connectivity index (χ4v) is 2.70. The van der Waals surface area contributed by atoms with Gasteiger partial charge in [0, 0.05) is 44.9 Å². The molecule has 17 heavy (non-hydrogen) atoms. The van der Waals surface area contributed by atoms with E-state index in [9.17, 15) is 9.13 Å². The van der Waals surface area contributed by atoms with Crippen LogP contribution in [0.15, 0.2) is 0 Å². The van der Waals surface area contributed by atoms with Crippen LogP contribution in [-0.2, 0) is 28.6 Å². The van der Waals surface area contributed by atoms with Gasteiger partial charge in [-0.25, -0.2) is 9.34 Å². The molecule has 1 aliphatic rings. The summed E-state index contributed by atoms with van der Waals surface area (Å²) in [5, 5.41) is 0.